The van der Waals surface area contributed by atoms with Crippen LogP contribution < -0.4 is 27.0 Å². The number of esters is 1. The molecule has 0 spiro atoms. The third-order valence-electron chi connectivity index (χ3n) is 5.07. The Hall–Kier alpha value is -3.89. The number of carbonyl (C=O) groups is 3. The van der Waals surface area contributed by atoms with E-state index in [4.69, 9.17) is 15.2 Å². The third kappa shape index (κ3) is 4.34. The van der Waals surface area contributed by atoms with Crippen molar-refractivity contribution in [2.24, 2.45) is 0 Å². The average molecular weight is 428 g/mol. The molecule has 1 fully saturated rings. The molecule has 1 amide bonds. The summed E-state index contributed by atoms with van der Waals surface area (Å²) in [4.78, 5) is 61.8. The summed E-state index contributed by atoms with van der Waals surface area (Å²) in [5.74, 6) is -1.50. The van der Waals surface area contributed by atoms with E-state index in [0.717, 1.165) is 18.4 Å². The summed E-state index contributed by atoms with van der Waals surface area (Å²) in [6.45, 7) is -1.17. The van der Waals surface area contributed by atoms with Crippen molar-refractivity contribution in [3.8, 4) is 5.75 Å². The Morgan fingerprint density at radius 3 is 2.65 bits per heavy atom. The van der Waals surface area contributed by atoms with Gasteiger partial charge in [0.1, 0.15) is 17.1 Å². The minimum absolute atomic E-state index is 0.0542. The number of H-pyrrole nitrogens is 1. The summed E-state index contributed by atoms with van der Waals surface area (Å²) in [6, 6.07) is 4.86. The molecule has 31 heavy (non-hydrogen) atoms. The monoisotopic (exact) mass is 428 g/mol. The number of hydrogen-bond donors (Lipinski definition) is 3. The lowest BCUT2D eigenvalue weighted by molar-refractivity contribution is -0.144. The van der Waals surface area contributed by atoms with E-state index in [2.05, 4.69) is 10.3 Å². The highest BCUT2D eigenvalue weighted by molar-refractivity contribution is 6.01. The summed E-state index contributed by atoms with van der Waals surface area (Å²) in [5.41, 5.74) is 5.46. The lowest BCUT2D eigenvalue weighted by Crippen LogP contribution is -2.37. The number of aromatic nitrogens is 2. The summed E-state index contributed by atoms with van der Waals surface area (Å²) < 4.78 is 11.5. The van der Waals surface area contributed by atoms with Crippen molar-refractivity contribution in [2.75, 3.05) is 24.3 Å². The Balaban J connectivity index is 1.35. The van der Waals surface area contributed by atoms with Crippen molar-refractivity contribution in [1.29, 1.82) is 0 Å². The number of fused-ring (bicyclic) bond motifs is 1. The number of rotatable bonds is 7. The molecule has 1 saturated carbocycles. The van der Waals surface area contributed by atoms with Gasteiger partial charge in [-0.2, -0.15) is 0 Å². The minimum Gasteiger partial charge on any atom is -0.482 e. The SMILES string of the molecule is Nc1c(C(=O)COC(=O)COc2ccc3c(c2)CCC(=O)N3)c(=O)[nH]c(=O)n1C1CC1. The first kappa shape index (κ1) is 20.4. The summed E-state index contributed by atoms with van der Waals surface area (Å²) >= 11 is 0. The number of nitrogens with zero attached hydrogens (tertiary/aromatic N) is 1. The highest BCUT2D eigenvalue weighted by atomic mass is 16.6. The molecule has 2 aliphatic rings. The molecule has 0 atom stereocenters. The lowest BCUT2D eigenvalue weighted by atomic mass is 10.0. The van der Waals surface area contributed by atoms with Crippen LogP contribution in [-0.4, -0.2) is 40.4 Å². The summed E-state index contributed by atoms with van der Waals surface area (Å²) in [5, 5.41) is 2.74. The van der Waals surface area contributed by atoms with Crippen LogP contribution in [-0.2, 0) is 20.7 Å². The molecule has 4 N–H and O–H groups in total. The Kier molecular flexibility index (Phi) is 5.32. The number of ketones is 1. The molecule has 2 aromatic rings. The van der Waals surface area contributed by atoms with Gasteiger partial charge in [0, 0.05) is 18.2 Å². The van der Waals surface area contributed by atoms with Gasteiger partial charge in [-0.25, -0.2) is 9.59 Å². The molecule has 1 aromatic carbocycles. The molecule has 0 saturated heterocycles. The van der Waals surface area contributed by atoms with E-state index < -0.39 is 41.8 Å². The van der Waals surface area contributed by atoms with Crippen molar-refractivity contribution in [2.45, 2.75) is 31.7 Å². The van der Waals surface area contributed by atoms with Crippen LogP contribution in [0.1, 0.15) is 41.2 Å². The van der Waals surface area contributed by atoms with Gasteiger partial charge in [0.15, 0.2) is 13.2 Å². The van der Waals surface area contributed by atoms with E-state index >= 15 is 0 Å². The van der Waals surface area contributed by atoms with Crippen LogP contribution in [0.2, 0.25) is 0 Å². The molecule has 2 heterocycles. The molecule has 11 heteroatoms. The number of benzene rings is 1. The fraction of sp³-hybridized carbons (Fsp3) is 0.350. The van der Waals surface area contributed by atoms with Crippen LogP contribution in [0.4, 0.5) is 11.5 Å². The van der Waals surface area contributed by atoms with Gasteiger partial charge >= 0.3 is 11.7 Å². The van der Waals surface area contributed by atoms with E-state index in [-0.39, 0.29) is 17.8 Å². The van der Waals surface area contributed by atoms with Gasteiger partial charge in [0.25, 0.3) is 5.56 Å². The maximum absolute atomic E-state index is 12.4. The number of amides is 1. The summed E-state index contributed by atoms with van der Waals surface area (Å²) in [7, 11) is 0. The number of aryl methyl sites for hydroxylation is 1. The average Bonchev–Trinajstić information content (AvgIpc) is 3.55. The second-order valence-electron chi connectivity index (χ2n) is 7.36. The smallest absolute Gasteiger partial charge is 0.344 e. The number of nitrogens with one attached hydrogen (secondary N) is 2. The maximum Gasteiger partial charge on any atom is 0.344 e. The predicted molar refractivity (Wildman–Crippen MR) is 108 cm³/mol. The Morgan fingerprint density at radius 1 is 1.13 bits per heavy atom. The van der Waals surface area contributed by atoms with E-state index in [1.54, 1.807) is 18.2 Å². The second-order valence-corrected chi connectivity index (χ2v) is 7.36. The molecule has 4 rings (SSSR count). The first-order valence-electron chi connectivity index (χ1n) is 9.72. The topological polar surface area (TPSA) is 163 Å². The number of aromatic amines is 1. The van der Waals surface area contributed by atoms with Crippen LogP contribution in [0.3, 0.4) is 0 Å². The Morgan fingerprint density at radius 2 is 1.90 bits per heavy atom. The zero-order chi connectivity index (χ0) is 22.1. The highest BCUT2D eigenvalue weighted by Crippen LogP contribution is 2.35. The number of ether oxygens (including phenoxy) is 2. The standard InChI is InChI=1S/C20H20N4O7/c21-18-17(19(28)23-20(29)24(18)11-2-3-11)14(25)8-31-16(27)9-30-12-4-5-13-10(7-12)1-6-15(26)22-13/h4-5,7,11H,1-3,6,8-9,21H2,(H,22,26)(H,23,28,29). The highest BCUT2D eigenvalue weighted by Gasteiger charge is 2.30. The molecule has 162 valence electrons. The normalized spacial score (nSPS) is 15.0. The van der Waals surface area contributed by atoms with E-state index in [1.807, 2.05) is 0 Å². The minimum atomic E-state index is -0.919. The molecule has 0 bridgehead atoms. The van der Waals surface area contributed by atoms with Gasteiger partial charge in [-0.3, -0.25) is 23.9 Å². The Labute approximate surface area is 175 Å². The van der Waals surface area contributed by atoms with E-state index in [1.165, 1.54) is 4.57 Å². The number of carbonyl (C=O) groups excluding carboxylic acids is 3. The van der Waals surface area contributed by atoms with Gasteiger partial charge in [-0.1, -0.05) is 0 Å². The zero-order valence-electron chi connectivity index (χ0n) is 16.4. The largest absolute Gasteiger partial charge is 0.482 e. The van der Waals surface area contributed by atoms with Gasteiger partial charge < -0.3 is 20.5 Å². The van der Waals surface area contributed by atoms with Crippen LogP contribution in [0.15, 0.2) is 27.8 Å². The van der Waals surface area contributed by atoms with Crippen LogP contribution >= 0.6 is 0 Å². The number of hydrogen-bond acceptors (Lipinski definition) is 8. The number of nitrogens with two attached hydrogens (primary N) is 1. The molecule has 0 unspecified atom stereocenters. The third-order valence-corrected chi connectivity index (χ3v) is 5.07. The van der Waals surface area contributed by atoms with Crippen molar-refractivity contribution >= 4 is 29.2 Å². The van der Waals surface area contributed by atoms with Crippen LogP contribution in [0.5, 0.6) is 5.75 Å². The molecular formula is C20H20N4O7. The fourth-order valence-electron chi connectivity index (χ4n) is 3.38. The maximum atomic E-state index is 12.4. The second kappa shape index (κ2) is 8.09. The van der Waals surface area contributed by atoms with Crippen molar-refractivity contribution < 1.29 is 23.9 Å². The first-order valence-corrected chi connectivity index (χ1v) is 9.72. The molecule has 1 aromatic heterocycles. The van der Waals surface area contributed by atoms with Crippen molar-refractivity contribution in [3.63, 3.8) is 0 Å². The van der Waals surface area contributed by atoms with Gasteiger partial charge in [0.05, 0.1) is 0 Å². The molecule has 11 nitrogen and oxygen atoms in total. The number of nitrogen functional groups attached to an aromatic ring is 1. The molecular weight excluding hydrogens is 408 g/mol. The Bertz CT molecular complexity index is 1190. The zero-order valence-corrected chi connectivity index (χ0v) is 16.4. The van der Waals surface area contributed by atoms with Gasteiger partial charge in [-0.15, -0.1) is 0 Å². The molecule has 1 aliphatic carbocycles. The summed E-state index contributed by atoms with van der Waals surface area (Å²) in [6.07, 6.45) is 2.39. The van der Waals surface area contributed by atoms with Gasteiger partial charge in [-0.05, 0) is 43.0 Å². The van der Waals surface area contributed by atoms with Crippen molar-refractivity contribution in [1.82, 2.24) is 9.55 Å². The fourth-order valence-corrected chi connectivity index (χ4v) is 3.38. The van der Waals surface area contributed by atoms with Crippen molar-refractivity contribution in [3.05, 3.63) is 50.2 Å². The predicted octanol–water partition coefficient (Wildman–Crippen LogP) is 0.143. The first-order chi connectivity index (χ1) is 14.8. The van der Waals surface area contributed by atoms with E-state index in [0.29, 0.717) is 24.3 Å². The quantitative estimate of drug-likeness (QED) is 0.414. The lowest BCUT2D eigenvalue weighted by Gasteiger charge is -2.17. The van der Waals surface area contributed by atoms with Gasteiger partial charge in [0.2, 0.25) is 11.7 Å². The van der Waals surface area contributed by atoms with E-state index in [9.17, 15) is 24.0 Å². The van der Waals surface area contributed by atoms with Crippen LogP contribution in [0, 0.1) is 0 Å². The number of anilines is 2. The number of Topliss-reactive ketones (excluding diaryl/α,β-unsaturated/α-hetero) is 1. The molecule has 1 aliphatic heterocycles. The van der Waals surface area contributed by atoms with Crippen LogP contribution in [0.25, 0.3) is 0 Å². The molecule has 0 radical (unpaired) electrons.